The Morgan fingerprint density at radius 1 is 0.964 bits per heavy atom. The lowest BCUT2D eigenvalue weighted by Gasteiger charge is -2.05. The van der Waals surface area contributed by atoms with Gasteiger partial charge in [-0.2, -0.15) is 0 Å². The van der Waals surface area contributed by atoms with Crippen molar-refractivity contribution in [2.75, 3.05) is 5.73 Å². The molecule has 0 spiro atoms. The molecular formula is C20H16F2N6. The highest BCUT2D eigenvalue weighted by molar-refractivity contribution is 5.67. The fourth-order valence-corrected chi connectivity index (χ4v) is 2.87. The molecule has 0 saturated heterocycles. The van der Waals surface area contributed by atoms with Gasteiger partial charge < -0.3 is 5.73 Å². The SMILES string of the molecule is Cc1cccc(-c2cc(-c3cn(Cc4ccc(F)cc4F)nn3)nc(N)n2)c1. The molecule has 140 valence electrons. The molecule has 2 aromatic carbocycles. The molecule has 4 rings (SSSR count). The summed E-state index contributed by atoms with van der Waals surface area (Å²) >= 11 is 0. The van der Waals surface area contributed by atoms with Gasteiger partial charge in [0.1, 0.15) is 17.3 Å². The van der Waals surface area contributed by atoms with Gasteiger partial charge in [-0.1, -0.05) is 35.0 Å². The van der Waals surface area contributed by atoms with Crippen molar-refractivity contribution < 1.29 is 8.78 Å². The lowest BCUT2D eigenvalue weighted by molar-refractivity contribution is 0.554. The Morgan fingerprint density at radius 3 is 2.57 bits per heavy atom. The predicted molar refractivity (Wildman–Crippen MR) is 101 cm³/mol. The molecule has 0 radical (unpaired) electrons. The summed E-state index contributed by atoms with van der Waals surface area (Å²) in [6.07, 6.45) is 1.63. The highest BCUT2D eigenvalue weighted by atomic mass is 19.1. The summed E-state index contributed by atoms with van der Waals surface area (Å²) in [6, 6.07) is 13.1. The number of rotatable bonds is 4. The lowest BCUT2D eigenvalue weighted by Crippen LogP contribution is -2.03. The van der Waals surface area contributed by atoms with Gasteiger partial charge in [0.25, 0.3) is 0 Å². The first-order valence-electron chi connectivity index (χ1n) is 8.54. The largest absolute Gasteiger partial charge is 0.368 e. The second kappa shape index (κ2) is 7.15. The summed E-state index contributed by atoms with van der Waals surface area (Å²) in [5, 5.41) is 8.10. The van der Waals surface area contributed by atoms with Crippen molar-refractivity contribution in [3.05, 3.63) is 77.5 Å². The Morgan fingerprint density at radius 2 is 1.79 bits per heavy atom. The number of nitrogen functional groups attached to an aromatic ring is 1. The number of nitrogens with zero attached hydrogens (tertiary/aromatic N) is 5. The molecule has 0 saturated carbocycles. The Hall–Kier alpha value is -3.68. The van der Waals surface area contributed by atoms with Crippen LogP contribution >= 0.6 is 0 Å². The highest BCUT2D eigenvalue weighted by Gasteiger charge is 2.12. The van der Waals surface area contributed by atoms with Gasteiger partial charge in [0.05, 0.1) is 24.1 Å². The molecule has 2 N–H and O–H groups in total. The fraction of sp³-hybridized carbons (Fsp3) is 0.100. The molecule has 0 amide bonds. The van der Waals surface area contributed by atoms with Crippen LogP contribution in [0, 0.1) is 18.6 Å². The minimum absolute atomic E-state index is 0.115. The van der Waals surface area contributed by atoms with Crippen LogP contribution in [-0.4, -0.2) is 25.0 Å². The Labute approximate surface area is 159 Å². The van der Waals surface area contributed by atoms with Crippen LogP contribution in [0.25, 0.3) is 22.6 Å². The molecule has 2 aromatic heterocycles. The van der Waals surface area contributed by atoms with Crippen LogP contribution in [0.2, 0.25) is 0 Å². The van der Waals surface area contributed by atoms with Gasteiger partial charge in [-0.25, -0.2) is 23.4 Å². The smallest absolute Gasteiger partial charge is 0.221 e. The van der Waals surface area contributed by atoms with Crippen molar-refractivity contribution in [3.8, 4) is 22.6 Å². The van der Waals surface area contributed by atoms with E-state index in [1.165, 1.54) is 16.8 Å². The third kappa shape index (κ3) is 3.71. The molecule has 4 aromatic rings. The Balaban J connectivity index is 1.65. The zero-order valence-electron chi connectivity index (χ0n) is 15.0. The molecule has 28 heavy (non-hydrogen) atoms. The second-order valence-corrected chi connectivity index (χ2v) is 6.40. The average Bonchev–Trinajstić information content (AvgIpc) is 3.12. The van der Waals surface area contributed by atoms with Gasteiger partial charge in [-0.15, -0.1) is 5.10 Å². The zero-order chi connectivity index (χ0) is 19.7. The highest BCUT2D eigenvalue weighted by Crippen LogP contribution is 2.24. The first kappa shape index (κ1) is 17.7. The minimum atomic E-state index is -0.634. The van der Waals surface area contributed by atoms with Gasteiger partial charge >= 0.3 is 0 Å². The predicted octanol–water partition coefficient (Wildman–Crippen LogP) is 3.62. The average molecular weight is 378 g/mol. The molecule has 0 fully saturated rings. The van der Waals surface area contributed by atoms with E-state index in [4.69, 9.17) is 5.73 Å². The third-order valence-corrected chi connectivity index (χ3v) is 4.21. The quantitative estimate of drug-likeness (QED) is 0.586. The van der Waals surface area contributed by atoms with Crippen molar-refractivity contribution in [2.45, 2.75) is 13.5 Å². The van der Waals surface area contributed by atoms with E-state index < -0.39 is 11.6 Å². The summed E-state index contributed by atoms with van der Waals surface area (Å²) < 4.78 is 28.4. The standard InChI is InChI=1S/C20H16F2N6/c1-12-3-2-4-13(7-12)17-9-18(25-20(23)24-17)19-11-28(27-26-19)10-14-5-6-15(21)8-16(14)22/h2-9,11H,10H2,1H3,(H2,23,24,25). The van der Waals surface area contributed by atoms with Crippen molar-refractivity contribution in [1.29, 1.82) is 0 Å². The van der Waals surface area contributed by atoms with Crippen molar-refractivity contribution in [1.82, 2.24) is 25.0 Å². The maximum Gasteiger partial charge on any atom is 0.221 e. The summed E-state index contributed by atoms with van der Waals surface area (Å²) in [4.78, 5) is 8.52. The maximum absolute atomic E-state index is 13.9. The second-order valence-electron chi connectivity index (χ2n) is 6.40. The molecule has 0 aliphatic carbocycles. The number of benzene rings is 2. The number of hydrogen-bond donors (Lipinski definition) is 1. The number of hydrogen-bond acceptors (Lipinski definition) is 5. The van der Waals surface area contributed by atoms with Gasteiger partial charge in [0.15, 0.2) is 0 Å². The monoisotopic (exact) mass is 378 g/mol. The van der Waals surface area contributed by atoms with Crippen LogP contribution in [0.15, 0.2) is 54.7 Å². The Kier molecular flexibility index (Phi) is 4.52. The lowest BCUT2D eigenvalue weighted by atomic mass is 10.1. The van der Waals surface area contributed by atoms with Crippen LogP contribution < -0.4 is 5.73 Å². The van der Waals surface area contributed by atoms with Gasteiger partial charge in [0, 0.05) is 17.2 Å². The van der Waals surface area contributed by atoms with E-state index in [0.29, 0.717) is 22.6 Å². The number of aromatic nitrogens is 5. The van der Waals surface area contributed by atoms with E-state index in [-0.39, 0.29) is 12.5 Å². The molecule has 8 heteroatoms. The minimum Gasteiger partial charge on any atom is -0.368 e. The van der Waals surface area contributed by atoms with Gasteiger partial charge in [-0.05, 0) is 25.1 Å². The van der Waals surface area contributed by atoms with E-state index in [9.17, 15) is 8.78 Å². The van der Waals surface area contributed by atoms with E-state index in [1.807, 2.05) is 31.2 Å². The van der Waals surface area contributed by atoms with Crippen LogP contribution in [0.1, 0.15) is 11.1 Å². The normalized spacial score (nSPS) is 11.0. The summed E-state index contributed by atoms with van der Waals surface area (Å²) in [5.41, 5.74) is 9.85. The molecule has 0 atom stereocenters. The Bertz CT molecular complexity index is 1160. The van der Waals surface area contributed by atoms with Crippen molar-refractivity contribution >= 4 is 5.95 Å². The molecule has 0 unspecified atom stereocenters. The number of anilines is 1. The number of aryl methyl sites for hydroxylation is 1. The fourth-order valence-electron chi connectivity index (χ4n) is 2.87. The first-order chi connectivity index (χ1) is 13.5. The number of nitrogens with two attached hydrogens (primary N) is 1. The topological polar surface area (TPSA) is 82.5 Å². The first-order valence-corrected chi connectivity index (χ1v) is 8.54. The van der Waals surface area contributed by atoms with Crippen molar-refractivity contribution in [2.24, 2.45) is 0 Å². The molecule has 6 nitrogen and oxygen atoms in total. The van der Waals surface area contributed by atoms with Crippen LogP contribution in [-0.2, 0) is 6.54 Å². The summed E-state index contributed by atoms with van der Waals surface area (Å²) in [5.74, 6) is -1.14. The van der Waals surface area contributed by atoms with Crippen molar-refractivity contribution in [3.63, 3.8) is 0 Å². The van der Waals surface area contributed by atoms with Crippen LogP contribution in [0.4, 0.5) is 14.7 Å². The molecule has 0 aliphatic rings. The summed E-state index contributed by atoms with van der Waals surface area (Å²) in [6.45, 7) is 2.11. The zero-order valence-corrected chi connectivity index (χ0v) is 15.0. The van der Waals surface area contributed by atoms with E-state index >= 15 is 0 Å². The van der Waals surface area contributed by atoms with E-state index in [2.05, 4.69) is 20.3 Å². The molecule has 0 bridgehead atoms. The van der Waals surface area contributed by atoms with Gasteiger partial charge in [0.2, 0.25) is 5.95 Å². The molecule has 2 heterocycles. The summed E-state index contributed by atoms with van der Waals surface area (Å²) in [7, 11) is 0. The van der Waals surface area contributed by atoms with Crippen LogP contribution in [0.3, 0.4) is 0 Å². The number of halogens is 2. The molecule has 0 aliphatic heterocycles. The maximum atomic E-state index is 13.9. The van der Waals surface area contributed by atoms with Gasteiger partial charge in [-0.3, -0.25) is 0 Å². The third-order valence-electron chi connectivity index (χ3n) is 4.21. The molecular weight excluding hydrogens is 362 g/mol. The van der Waals surface area contributed by atoms with E-state index in [0.717, 1.165) is 17.2 Å². The van der Waals surface area contributed by atoms with E-state index in [1.54, 1.807) is 12.3 Å². The van der Waals surface area contributed by atoms with Crippen LogP contribution in [0.5, 0.6) is 0 Å².